The molecule has 0 aliphatic carbocycles. The molecule has 1 atom stereocenters. The number of carboxylic acids is 1. The molecular weight excluding hydrogens is 350 g/mol. The number of aliphatic carboxylic acids is 1. The molecule has 1 unspecified atom stereocenters. The van der Waals surface area contributed by atoms with Crippen molar-refractivity contribution in [1.29, 1.82) is 0 Å². The highest BCUT2D eigenvalue weighted by Crippen LogP contribution is 2.22. The van der Waals surface area contributed by atoms with E-state index in [4.69, 9.17) is 9.15 Å². The van der Waals surface area contributed by atoms with Crippen molar-refractivity contribution >= 4 is 22.9 Å². The Morgan fingerprint density at radius 3 is 2.52 bits per heavy atom. The SMILES string of the molecule is CCOc1ccc(C(=O)C(C(=O)O)c2nc3cc(C)ccc3oc2=O)cc1. The lowest BCUT2D eigenvalue weighted by molar-refractivity contribution is -0.137. The Morgan fingerprint density at radius 2 is 1.89 bits per heavy atom. The van der Waals surface area contributed by atoms with E-state index >= 15 is 0 Å². The van der Waals surface area contributed by atoms with Gasteiger partial charge in [-0.15, -0.1) is 0 Å². The molecule has 27 heavy (non-hydrogen) atoms. The Hall–Kier alpha value is -3.48. The third kappa shape index (κ3) is 3.72. The first kappa shape index (κ1) is 18.3. The van der Waals surface area contributed by atoms with Crippen LogP contribution in [0.1, 0.15) is 34.5 Å². The van der Waals surface area contributed by atoms with E-state index in [1.165, 1.54) is 12.1 Å². The van der Waals surface area contributed by atoms with Crippen molar-refractivity contribution in [3.8, 4) is 5.75 Å². The third-order valence-electron chi connectivity index (χ3n) is 4.00. The fourth-order valence-corrected chi connectivity index (χ4v) is 2.71. The van der Waals surface area contributed by atoms with Crippen LogP contribution in [0.15, 0.2) is 51.7 Å². The van der Waals surface area contributed by atoms with Gasteiger partial charge in [-0.25, -0.2) is 9.78 Å². The van der Waals surface area contributed by atoms with E-state index in [9.17, 15) is 19.5 Å². The second-order valence-electron chi connectivity index (χ2n) is 5.95. The summed E-state index contributed by atoms with van der Waals surface area (Å²) >= 11 is 0. The molecule has 2 aromatic carbocycles. The molecule has 0 radical (unpaired) electrons. The van der Waals surface area contributed by atoms with Crippen LogP contribution >= 0.6 is 0 Å². The van der Waals surface area contributed by atoms with Gasteiger partial charge in [0.1, 0.15) is 17.0 Å². The Balaban J connectivity index is 2.06. The lowest BCUT2D eigenvalue weighted by Gasteiger charge is -2.11. The van der Waals surface area contributed by atoms with E-state index in [1.54, 1.807) is 30.3 Å². The van der Waals surface area contributed by atoms with Gasteiger partial charge in [0.25, 0.3) is 0 Å². The van der Waals surface area contributed by atoms with Gasteiger partial charge in [0.05, 0.1) is 6.61 Å². The molecule has 138 valence electrons. The maximum Gasteiger partial charge on any atom is 0.359 e. The fourth-order valence-electron chi connectivity index (χ4n) is 2.71. The molecule has 1 aromatic heterocycles. The average Bonchev–Trinajstić information content (AvgIpc) is 2.63. The number of aryl methyl sites for hydroxylation is 1. The van der Waals surface area contributed by atoms with Crippen LogP contribution in [0.25, 0.3) is 11.1 Å². The molecule has 0 fully saturated rings. The number of carbonyl (C=O) groups excluding carboxylic acids is 1. The van der Waals surface area contributed by atoms with Crippen LogP contribution in [-0.4, -0.2) is 28.4 Å². The largest absolute Gasteiger partial charge is 0.494 e. The quantitative estimate of drug-likeness (QED) is 0.527. The topological polar surface area (TPSA) is 107 Å². The molecule has 0 aliphatic rings. The van der Waals surface area contributed by atoms with E-state index in [-0.39, 0.29) is 11.1 Å². The number of carboxylic acid groups (broad SMARTS) is 1. The van der Waals surface area contributed by atoms with E-state index in [0.717, 1.165) is 5.56 Å². The minimum Gasteiger partial charge on any atom is -0.494 e. The van der Waals surface area contributed by atoms with Crippen LogP contribution in [-0.2, 0) is 4.79 Å². The number of fused-ring (bicyclic) bond motifs is 1. The summed E-state index contributed by atoms with van der Waals surface area (Å²) in [5.74, 6) is -3.43. The predicted molar refractivity (Wildman–Crippen MR) is 97.3 cm³/mol. The average molecular weight is 367 g/mol. The number of ketones is 1. The lowest BCUT2D eigenvalue weighted by atomic mass is 9.94. The molecule has 0 aliphatic heterocycles. The van der Waals surface area contributed by atoms with Crippen molar-refractivity contribution in [2.75, 3.05) is 6.61 Å². The maximum absolute atomic E-state index is 12.8. The van der Waals surface area contributed by atoms with Gasteiger partial charge in [0, 0.05) is 5.56 Å². The number of carbonyl (C=O) groups is 2. The third-order valence-corrected chi connectivity index (χ3v) is 4.00. The minimum absolute atomic E-state index is 0.136. The molecule has 0 saturated carbocycles. The molecule has 7 nitrogen and oxygen atoms in total. The van der Waals surface area contributed by atoms with Crippen molar-refractivity contribution < 1.29 is 23.8 Å². The molecule has 3 rings (SSSR count). The van der Waals surface area contributed by atoms with Crippen LogP contribution in [0.2, 0.25) is 0 Å². The van der Waals surface area contributed by atoms with Crippen LogP contribution in [0.3, 0.4) is 0 Å². The van der Waals surface area contributed by atoms with Crippen LogP contribution in [0, 0.1) is 6.92 Å². The summed E-state index contributed by atoms with van der Waals surface area (Å²) in [5, 5.41) is 9.58. The van der Waals surface area contributed by atoms with E-state index < -0.39 is 29.0 Å². The summed E-state index contributed by atoms with van der Waals surface area (Å²) in [6.07, 6.45) is 0. The Kier molecular flexibility index (Phi) is 5.03. The number of benzene rings is 2. The predicted octanol–water partition coefficient (Wildman–Crippen LogP) is 2.95. The van der Waals surface area contributed by atoms with E-state index in [2.05, 4.69) is 4.98 Å². The molecule has 3 aromatic rings. The summed E-state index contributed by atoms with van der Waals surface area (Å²) < 4.78 is 10.5. The highest BCUT2D eigenvalue weighted by atomic mass is 16.5. The highest BCUT2D eigenvalue weighted by molar-refractivity contribution is 6.12. The first-order chi connectivity index (χ1) is 12.9. The second-order valence-corrected chi connectivity index (χ2v) is 5.95. The zero-order chi connectivity index (χ0) is 19.6. The van der Waals surface area contributed by atoms with Crippen LogP contribution in [0.4, 0.5) is 0 Å². The second kappa shape index (κ2) is 7.41. The number of aromatic nitrogens is 1. The van der Waals surface area contributed by atoms with Crippen molar-refractivity contribution in [2.24, 2.45) is 0 Å². The zero-order valence-corrected chi connectivity index (χ0v) is 14.8. The highest BCUT2D eigenvalue weighted by Gasteiger charge is 2.34. The van der Waals surface area contributed by atoms with Gasteiger partial charge in [-0.1, -0.05) is 6.07 Å². The normalized spacial score (nSPS) is 11.9. The number of nitrogens with zero attached hydrogens (tertiary/aromatic N) is 1. The molecule has 1 heterocycles. The summed E-state index contributed by atoms with van der Waals surface area (Å²) in [5.41, 5.74) is 0.149. The summed E-state index contributed by atoms with van der Waals surface area (Å²) in [4.78, 5) is 40.9. The standard InChI is InChI=1S/C20H17NO6/c1-3-26-13-7-5-12(6-8-13)18(22)16(19(23)24)17-20(25)27-15-9-4-11(2)10-14(15)21-17/h4-10,16H,3H2,1-2H3,(H,23,24). The van der Waals surface area contributed by atoms with Gasteiger partial charge in [-0.3, -0.25) is 9.59 Å². The smallest absolute Gasteiger partial charge is 0.359 e. The molecule has 1 N–H and O–H groups in total. The van der Waals surface area contributed by atoms with Gasteiger partial charge in [0.15, 0.2) is 17.3 Å². The minimum atomic E-state index is -1.76. The van der Waals surface area contributed by atoms with E-state index in [1.807, 2.05) is 13.8 Å². The van der Waals surface area contributed by atoms with Crippen molar-refractivity contribution in [3.63, 3.8) is 0 Å². The number of rotatable bonds is 6. The first-order valence-electron chi connectivity index (χ1n) is 8.32. The van der Waals surface area contributed by atoms with Crippen molar-refractivity contribution in [3.05, 3.63) is 69.7 Å². The van der Waals surface area contributed by atoms with Gasteiger partial charge in [-0.05, 0) is 55.8 Å². The van der Waals surface area contributed by atoms with Gasteiger partial charge >= 0.3 is 11.6 Å². The molecular formula is C20H17NO6. The van der Waals surface area contributed by atoms with Crippen molar-refractivity contribution in [2.45, 2.75) is 19.8 Å². The van der Waals surface area contributed by atoms with Crippen molar-refractivity contribution in [1.82, 2.24) is 4.98 Å². The monoisotopic (exact) mass is 367 g/mol. The molecule has 0 bridgehead atoms. The summed E-state index contributed by atoms with van der Waals surface area (Å²) in [6.45, 7) is 4.12. The van der Waals surface area contributed by atoms with Crippen LogP contribution < -0.4 is 10.4 Å². The van der Waals surface area contributed by atoms with E-state index in [0.29, 0.717) is 17.9 Å². The van der Waals surface area contributed by atoms with Gasteiger partial charge in [-0.2, -0.15) is 0 Å². The van der Waals surface area contributed by atoms with Crippen LogP contribution in [0.5, 0.6) is 5.75 Å². The van der Waals surface area contributed by atoms with Gasteiger partial charge in [0.2, 0.25) is 0 Å². The first-order valence-corrected chi connectivity index (χ1v) is 8.32. The lowest BCUT2D eigenvalue weighted by Crippen LogP contribution is -2.28. The molecule has 0 amide bonds. The summed E-state index contributed by atoms with van der Waals surface area (Å²) in [6, 6.07) is 11.0. The maximum atomic E-state index is 12.8. The number of ether oxygens (including phenoxy) is 1. The molecule has 7 heteroatoms. The number of hydrogen-bond donors (Lipinski definition) is 1. The fraction of sp³-hybridized carbons (Fsp3) is 0.200. The van der Waals surface area contributed by atoms with Gasteiger partial charge < -0.3 is 14.3 Å². The molecule has 0 spiro atoms. The number of Topliss-reactive ketones (excluding diaryl/α,β-unsaturated/α-hetero) is 1. The number of hydrogen-bond acceptors (Lipinski definition) is 6. The molecule has 0 saturated heterocycles. The Bertz CT molecular complexity index is 1070. The zero-order valence-electron chi connectivity index (χ0n) is 14.8. The Morgan fingerprint density at radius 1 is 1.19 bits per heavy atom. The summed E-state index contributed by atoms with van der Waals surface area (Å²) in [7, 11) is 0. The Labute approximate surface area is 154 Å².